The topological polar surface area (TPSA) is 126 Å². The summed E-state index contributed by atoms with van der Waals surface area (Å²) in [4.78, 5) is 0. The average molecular weight is 282 g/mol. The number of nitrogens with one attached hydrogen (secondary N) is 1. The second-order valence-corrected chi connectivity index (χ2v) is 3.91. The van der Waals surface area contributed by atoms with Crippen LogP contribution in [-0.4, -0.2) is 73.1 Å². The fourth-order valence-electron chi connectivity index (χ4n) is 1.36. The fourth-order valence-corrected chi connectivity index (χ4v) is 1.36. The first kappa shape index (κ1) is 18.7. The molecule has 0 fully saturated rings. The van der Waals surface area contributed by atoms with Crippen molar-refractivity contribution in [3.8, 4) is 0 Å². The number of hydrogen-bond donors (Lipinski definition) is 5. The van der Waals surface area contributed by atoms with Gasteiger partial charge in [0.2, 0.25) is 0 Å². The molecule has 0 amide bonds. The van der Waals surface area contributed by atoms with E-state index in [1.54, 1.807) is 6.92 Å². The van der Waals surface area contributed by atoms with Gasteiger partial charge in [-0.05, 0) is 13.8 Å². The standard InChI is InChI=1S/C11H26N2O6/c1-3-17-7-13-10(8(2)15)11(18-5-4-12)19-9(16)6-14/h8-11,13-16H,3-7,12H2,1-2H3. The van der Waals surface area contributed by atoms with Crippen molar-refractivity contribution in [1.82, 2.24) is 5.32 Å². The molecule has 0 spiro atoms. The zero-order chi connectivity index (χ0) is 14.7. The van der Waals surface area contributed by atoms with Gasteiger partial charge in [-0.3, -0.25) is 5.32 Å². The van der Waals surface area contributed by atoms with E-state index in [4.69, 9.17) is 25.1 Å². The van der Waals surface area contributed by atoms with Gasteiger partial charge in [0, 0.05) is 13.2 Å². The molecule has 0 bridgehead atoms. The monoisotopic (exact) mass is 282 g/mol. The van der Waals surface area contributed by atoms with Crippen molar-refractivity contribution in [2.45, 2.75) is 38.6 Å². The van der Waals surface area contributed by atoms with Crippen molar-refractivity contribution in [1.29, 1.82) is 0 Å². The first-order valence-corrected chi connectivity index (χ1v) is 6.32. The van der Waals surface area contributed by atoms with Crippen LogP contribution in [0.3, 0.4) is 0 Å². The summed E-state index contributed by atoms with van der Waals surface area (Å²) < 4.78 is 15.6. The predicted molar refractivity (Wildman–Crippen MR) is 68.1 cm³/mol. The molecule has 0 rings (SSSR count). The molecular formula is C11H26N2O6. The number of nitrogens with two attached hydrogens (primary N) is 1. The molecule has 8 nitrogen and oxygen atoms in total. The SMILES string of the molecule is CCOCNC(C(C)O)C(OCCN)OC(O)CO. The van der Waals surface area contributed by atoms with Crippen LogP contribution >= 0.6 is 0 Å². The van der Waals surface area contributed by atoms with E-state index in [0.717, 1.165) is 0 Å². The minimum Gasteiger partial charge on any atom is -0.392 e. The Morgan fingerprint density at radius 1 is 1.32 bits per heavy atom. The largest absolute Gasteiger partial charge is 0.392 e. The normalized spacial score (nSPS) is 18.0. The second kappa shape index (κ2) is 11.5. The molecule has 0 aliphatic rings. The van der Waals surface area contributed by atoms with Crippen LogP contribution in [0.4, 0.5) is 0 Å². The molecular weight excluding hydrogens is 256 g/mol. The quantitative estimate of drug-likeness (QED) is 0.204. The third kappa shape index (κ3) is 8.45. The van der Waals surface area contributed by atoms with Gasteiger partial charge in [0.1, 0.15) is 0 Å². The van der Waals surface area contributed by atoms with Crippen molar-refractivity contribution in [3.63, 3.8) is 0 Å². The third-order valence-electron chi connectivity index (χ3n) is 2.29. The van der Waals surface area contributed by atoms with Crippen LogP contribution in [0.5, 0.6) is 0 Å². The Morgan fingerprint density at radius 3 is 2.47 bits per heavy atom. The van der Waals surface area contributed by atoms with Gasteiger partial charge in [-0.25, -0.2) is 0 Å². The highest BCUT2D eigenvalue weighted by Crippen LogP contribution is 2.09. The summed E-state index contributed by atoms with van der Waals surface area (Å²) in [7, 11) is 0. The Hall–Kier alpha value is -0.320. The Labute approximate surface area is 113 Å². The zero-order valence-corrected chi connectivity index (χ0v) is 11.5. The molecule has 6 N–H and O–H groups in total. The molecule has 8 heteroatoms. The van der Waals surface area contributed by atoms with E-state index in [1.807, 2.05) is 6.92 Å². The van der Waals surface area contributed by atoms with Crippen LogP contribution in [-0.2, 0) is 14.2 Å². The summed E-state index contributed by atoms with van der Waals surface area (Å²) >= 11 is 0. The summed E-state index contributed by atoms with van der Waals surface area (Å²) in [6, 6.07) is -0.626. The maximum Gasteiger partial charge on any atom is 0.181 e. The van der Waals surface area contributed by atoms with Crippen LogP contribution in [0.15, 0.2) is 0 Å². The molecule has 0 saturated carbocycles. The van der Waals surface area contributed by atoms with Gasteiger partial charge in [0.05, 0.1) is 32.1 Å². The van der Waals surface area contributed by atoms with E-state index in [-0.39, 0.29) is 19.9 Å². The summed E-state index contributed by atoms with van der Waals surface area (Å²) in [6.07, 6.45) is -3.15. The van der Waals surface area contributed by atoms with Crippen LogP contribution in [0.2, 0.25) is 0 Å². The Kier molecular flexibility index (Phi) is 11.3. The van der Waals surface area contributed by atoms with Crippen LogP contribution in [0, 0.1) is 0 Å². The van der Waals surface area contributed by atoms with Gasteiger partial charge >= 0.3 is 0 Å². The number of hydrogen-bond acceptors (Lipinski definition) is 8. The lowest BCUT2D eigenvalue weighted by Crippen LogP contribution is -2.52. The molecule has 0 saturated heterocycles. The number of ether oxygens (including phenoxy) is 3. The van der Waals surface area contributed by atoms with Crippen molar-refractivity contribution in [2.75, 3.05) is 33.1 Å². The molecule has 0 radical (unpaired) electrons. The van der Waals surface area contributed by atoms with Gasteiger partial charge < -0.3 is 35.3 Å². The minimum atomic E-state index is -1.39. The molecule has 116 valence electrons. The van der Waals surface area contributed by atoms with Gasteiger partial charge in [0.25, 0.3) is 0 Å². The molecule has 4 atom stereocenters. The Bertz CT molecular complexity index is 208. The highest BCUT2D eigenvalue weighted by atomic mass is 16.7. The van der Waals surface area contributed by atoms with Crippen molar-refractivity contribution in [3.05, 3.63) is 0 Å². The average Bonchev–Trinajstić information content (AvgIpc) is 2.39. The second-order valence-electron chi connectivity index (χ2n) is 3.91. The molecule has 0 aromatic carbocycles. The van der Waals surface area contributed by atoms with E-state index < -0.39 is 31.3 Å². The van der Waals surface area contributed by atoms with Crippen molar-refractivity contribution < 1.29 is 29.5 Å². The third-order valence-corrected chi connectivity index (χ3v) is 2.29. The molecule has 4 unspecified atom stereocenters. The van der Waals surface area contributed by atoms with E-state index in [1.165, 1.54) is 0 Å². The molecule has 19 heavy (non-hydrogen) atoms. The Balaban J connectivity index is 4.51. The lowest BCUT2D eigenvalue weighted by Gasteiger charge is -2.31. The van der Waals surface area contributed by atoms with E-state index in [9.17, 15) is 10.2 Å². The summed E-state index contributed by atoms with van der Waals surface area (Å²) in [5.74, 6) is 0. The van der Waals surface area contributed by atoms with E-state index in [0.29, 0.717) is 6.61 Å². The fraction of sp³-hybridized carbons (Fsp3) is 1.00. The van der Waals surface area contributed by atoms with Gasteiger partial charge in [-0.15, -0.1) is 0 Å². The zero-order valence-electron chi connectivity index (χ0n) is 11.5. The molecule has 0 aliphatic heterocycles. The van der Waals surface area contributed by atoms with Crippen LogP contribution in [0.1, 0.15) is 13.8 Å². The number of rotatable bonds is 12. The summed E-state index contributed by atoms with van der Waals surface area (Å²) in [5.41, 5.74) is 5.34. The van der Waals surface area contributed by atoms with Crippen LogP contribution < -0.4 is 11.1 Å². The van der Waals surface area contributed by atoms with E-state index >= 15 is 0 Å². The Morgan fingerprint density at radius 2 is 2.00 bits per heavy atom. The van der Waals surface area contributed by atoms with Gasteiger partial charge in [-0.2, -0.15) is 0 Å². The maximum atomic E-state index is 9.71. The lowest BCUT2D eigenvalue weighted by molar-refractivity contribution is -0.255. The van der Waals surface area contributed by atoms with E-state index in [2.05, 4.69) is 5.32 Å². The van der Waals surface area contributed by atoms with Crippen LogP contribution in [0.25, 0.3) is 0 Å². The lowest BCUT2D eigenvalue weighted by atomic mass is 10.2. The summed E-state index contributed by atoms with van der Waals surface area (Å²) in [5, 5.41) is 30.7. The highest BCUT2D eigenvalue weighted by molar-refractivity contribution is 4.76. The van der Waals surface area contributed by atoms with Crippen molar-refractivity contribution >= 4 is 0 Å². The van der Waals surface area contributed by atoms with Crippen molar-refractivity contribution in [2.24, 2.45) is 5.73 Å². The number of aliphatic hydroxyl groups excluding tert-OH is 3. The van der Waals surface area contributed by atoms with Gasteiger partial charge in [0.15, 0.2) is 12.6 Å². The van der Waals surface area contributed by atoms with Gasteiger partial charge in [-0.1, -0.05) is 0 Å². The first-order chi connectivity index (χ1) is 9.06. The predicted octanol–water partition coefficient (Wildman–Crippen LogP) is -2.05. The summed E-state index contributed by atoms with van der Waals surface area (Å²) in [6.45, 7) is 4.02. The smallest absolute Gasteiger partial charge is 0.181 e. The first-order valence-electron chi connectivity index (χ1n) is 6.32. The molecule has 0 aliphatic carbocycles. The maximum absolute atomic E-state index is 9.71. The molecule has 0 heterocycles. The minimum absolute atomic E-state index is 0.197. The number of aliphatic hydroxyl groups is 3. The molecule has 0 aromatic heterocycles. The molecule has 0 aromatic rings. The highest BCUT2D eigenvalue weighted by Gasteiger charge is 2.29.